The van der Waals surface area contributed by atoms with Crippen molar-refractivity contribution in [1.29, 1.82) is 0 Å². The molecule has 5 nitrogen and oxygen atoms in total. The van der Waals surface area contributed by atoms with Gasteiger partial charge >= 0.3 is 6.09 Å². The van der Waals surface area contributed by atoms with Gasteiger partial charge in [-0.2, -0.15) is 0 Å². The third-order valence-corrected chi connectivity index (χ3v) is 3.14. The summed E-state index contributed by atoms with van der Waals surface area (Å²) in [5.41, 5.74) is 0.277. The fourth-order valence-electron chi connectivity index (χ4n) is 2.23. The number of alkyl carbamates (subject to hydrolysis) is 1. The lowest BCUT2D eigenvalue weighted by Gasteiger charge is -2.09. The monoisotopic (exact) mass is 299 g/mol. The van der Waals surface area contributed by atoms with Crippen LogP contribution in [0, 0.1) is 0 Å². The Balaban J connectivity index is 2.10. The summed E-state index contributed by atoms with van der Waals surface area (Å²) in [6.45, 7) is -10.5. The number of aromatic nitrogens is 1. The lowest BCUT2D eigenvalue weighted by atomic mass is 10.0. The maximum atomic E-state index is 11.4. The Kier molecular flexibility index (Phi) is 1.55. The summed E-state index contributed by atoms with van der Waals surface area (Å²) in [4.78, 5) is 11.7. The van der Waals surface area contributed by atoms with Crippen molar-refractivity contribution >= 4 is 17.0 Å². The number of nitrogens with zero attached hydrogens (tertiary/aromatic N) is 1. The van der Waals surface area contributed by atoms with Gasteiger partial charge in [0.15, 0.2) is 2.82 Å². The molecule has 1 amide bonds. The molecule has 0 spiro atoms. The molecule has 0 aliphatic carbocycles. The molecule has 1 aromatic heterocycles. The predicted molar refractivity (Wildman–Crippen MR) is 82.5 cm³/mol. The minimum absolute atomic E-state index is 0.0256. The van der Waals surface area contributed by atoms with E-state index in [1.807, 2.05) is 0 Å². The van der Waals surface area contributed by atoms with E-state index in [4.69, 9.17) is 21.3 Å². The Bertz CT molecular complexity index is 1050. The molecular formula is C16H21N3O2. The number of nitrogens with one attached hydrogen (secondary N) is 2. The SMILES string of the molecule is [2H]N1C(=O)OC[C@@H]1Cc1ccc2c(c1)c(C([2H])([2H])C([2H])([2H])N(C([2H])([2H])[2H])C([2H])([2H])[2H])cn2[2H]. The van der Waals surface area contributed by atoms with Crippen molar-refractivity contribution in [2.75, 3.05) is 27.1 Å². The number of aryl methyl sites for hydroxylation is 1. The van der Waals surface area contributed by atoms with Crippen LogP contribution >= 0.6 is 0 Å². The Morgan fingerprint density at radius 1 is 1.57 bits per heavy atom. The first-order chi connectivity index (χ1) is 14.9. The first-order valence-corrected chi connectivity index (χ1v) is 6.28. The van der Waals surface area contributed by atoms with Gasteiger partial charge in [-0.1, -0.05) is 6.07 Å². The number of rotatable bonds is 5. The normalized spacial score (nSPS) is 29.7. The van der Waals surface area contributed by atoms with Gasteiger partial charge in [-0.3, -0.25) is 0 Å². The molecule has 3 rings (SSSR count). The van der Waals surface area contributed by atoms with Crippen molar-refractivity contribution in [1.82, 2.24) is 15.2 Å². The van der Waals surface area contributed by atoms with Crippen molar-refractivity contribution in [2.24, 2.45) is 0 Å². The number of carbonyl (C=O) groups excluding carboxylic acids is 1. The number of aromatic amines is 1. The molecule has 2 heterocycles. The van der Waals surface area contributed by atoms with Gasteiger partial charge in [0.05, 0.1) is 6.04 Å². The van der Waals surface area contributed by atoms with Gasteiger partial charge < -0.3 is 19.9 Å². The predicted octanol–water partition coefficient (Wildman–Crippen LogP) is 1.92. The largest absolute Gasteiger partial charge is 0.447 e. The van der Waals surface area contributed by atoms with Crippen molar-refractivity contribution in [3.63, 3.8) is 0 Å². The molecule has 1 saturated heterocycles. The van der Waals surface area contributed by atoms with Gasteiger partial charge in [0, 0.05) is 37.3 Å². The Labute approximate surface area is 141 Å². The second-order valence-corrected chi connectivity index (χ2v) is 4.66. The molecule has 2 N–H and O–H groups in total. The molecule has 1 fully saturated rings. The summed E-state index contributed by atoms with van der Waals surface area (Å²) in [5.74, 6) is 0. The van der Waals surface area contributed by atoms with Gasteiger partial charge in [0.25, 0.3) is 0 Å². The van der Waals surface area contributed by atoms with E-state index in [1.54, 1.807) is 6.07 Å². The average Bonchev–Trinajstić information content (AvgIpc) is 3.13. The first-order valence-electron chi connectivity index (χ1n) is 12.2. The number of hydrogen-bond acceptors (Lipinski definition) is 3. The van der Waals surface area contributed by atoms with Crippen LogP contribution in [-0.2, 0) is 17.5 Å². The molecule has 1 aliphatic rings. The minimum atomic E-state index is -3.53. The van der Waals surface area contributed by atoms with Crippen LogP contribution in [0.3, 0.4) is 0 Å². The van der Waals surface area contributed by atoms with Gasteiger partial charge in [-0.05, 0) is 50.0 Å². The zero-order chi connectivity index (χ0) is 25.1. The Morgan fingerprint density at radius 3 is 3.24 bits per heavy atom. The molecular weight excluding hydrogens is 266 g/mol. The average molecular weight is 299 g/mol. The molecule has 5 heteroatoms. The maximum Gasteiger partial charge on any atom is 0.407 e. The number of benzene rings is 1. The highest BCUT2D eigenvalue weighted by Gasteiger charge is 2.22. The molecule has 112 valence electrons. The number of H-pyrrole nitrogens is 1. The fraction of sp³-hybridized carbons (Fsp3) is 0.438. The van der Waals surface area contributed by atoms with E-state index in [2.05, 4.69) is 0 Å². The Morgan fingerprint density at radius 2 is 2.48 bits per heavy atom. The van der Waals surface area contributed by atoms with Gasteiger partial charge in [-0.15, -0.1) is 0 Å². The summed E-state index contributed by atoms with van der Waals surface area (Å²) in [5, 5.41) is 0.734. The third kappa shape index (κ3) is 3.19. The summed E-state index contributed by atoms with van der Waals surface area (Å²) in [7, 11) is 0. The van der Waals surface area contributed by atoms with Crippen LogP contribution < -0.4 is 5.31 Å². The van der Waals surface area contributed by atoms with Crippen LogP contribution in [0.4, 0.5) is 4.79 Å². The highest BCUT2D eigenvalue weighted by atomic mass is 16.6. The zero-order valence-electron chi connectivity index (χ0n) is 23.0. The van der Waals surface area contributed by atoms with Crippen molar-refractivity contribution in [3.8, 4) is 0 Å². The quantitative estimate of drug-likeness (QED) is 0.887. The number of cyclic esters (lactones) is 1. The molecule has 1 atom stereocenters. The zero-order valence-corrected chi connectivity index (χ0v) is 11.0. The molecule has 21 heavy (non-hydrogen) atoms. The highest BCUT2D eigenvalue weighted by Crippen LogP contribution is 2.21. The Hall–Kier alpha value is -2.01. The van der Waals surface area contributed by atoms with Crippen molar-refractivity contribution in [3.05, 3.63) is 35.5 Å². The summed E-state index contributed by atoms with van der Waals surface area (Å²) in [6, 6.07) is 3.88. The van der Waals surface area contributed by atoms with Gasteiger partial charge in [0.2, 0.25) is 0 Å². The van der Waals surface area contributed by atoms with Crippen LogP contribution in [0.25, 0.3) is 10.9 Å². The second kappa shape index (κ2) is 5.77. The number of amides is 1. The van der Waals surface area contributed by atoms with E-state index in [0.29, 0.717) is 10.9 Å². The molecule has 1 aromatic carbocycles. The second-order valence-electron chi connectivity index (χ2n) is 4.66. The van der Waals surface area contributed by atoms with Crippen LogP contribution in [0.15, 0.2) is 24.4 Å². The number of likely N-dealkylation sites (N-methyl/N-ethyl adjacent to an activating group) is 1. The first kappa shape index (κ1) is 5.65. The van der Waals surface area contributed by atoms with Gasteiger partial charge in [-0.25, -0.2) is 4.79 Å². The van der Waals surface area contributed by atoms with Gasteiger partial charge in [0.1, 0.15) is 6.61 Å². The number of hydrogen-bond donors (Lipinski definition) is 2. The van der Waals surface area contributed by atoms with Crippen molar-refractivity contribution in [2.45, 2.75) is 18.8 Å². The smallest absolute Gasteiger partial charge is 0.407 e. The van der Waals surface area contributed by atoms with Crippen LogP contribution in [0.1, 0.15) is 24.8 Å². The van der Waals surface area contributed by atoms with Crippen LogP contribution in [-0.4, -0.2) is 49.1 Å². The summed E-state index contributed by atoms with van der Waals surface area (Å²) in [6.07, 6.45) is -2.87. The lowest BCUT2D eigenvalue weighted by Crippen LogP contribution is -2.28. The number of fused-ring (bicyclic) bond motifs is 1. The topological polar surface area (TPSA) is 57.4 Å². The number of carbonyl (C=O) groups is 1. The lowest BCUT2D eigenvalue weighted by molar-refractivity contribution is 0.177. The minimum Gasteiger partial charge on any atom is -0.447 e. The third-order valence-electron chi connectivity index (χ3n) is 3.14. The van der Waals surface area contributed by atoms with E-state index >= 15 is 0 Å². The van der Waals surface area contributed by atoms with Crippen LogP contribution in [0.5, 0.6) is 0 Å². The van der Waals surface area contributed by atoms with E-state index in [1.165, 1.54) is 12.1 Å². The van der Waals surface area contributed by atoms with Crippen molar-refractivity contribution < 1.29 is 26.1 Å². The molecule has 0 saturated carbocycles. The molecule has 0 unspecified atom stereocenters. The van der Waals surface area contributed by atoms with E-state index in [0.717, 1.165) is 11.2 Å². The van der Waals surface area contributed by atoms with Crippen LogP contribution in [0.2, 0.25) is 2.82 Å². The van der Waals surface area contributed by atoms with E-state index in [-0.39, 0.29) is 23.9 Å². The summed E-state index contributed by atoms with van der Waals surface area (Å²) < 4.78 is 98.9. The molecule has 0 radical (unpaired) electrons. The highest BCUT2D eigenvalue weighted by molar-refractivity contribution is 5.84. The van der Waals surface area contributed by atoms with E-state index in [9.17, 15) is 4.79 Å². The fourth-order valence-corrected chi connectivity index (χ4v) is 2.23. The van der Waals surface area contributed by atoms with E-state index < -0.39 is 49.4 Å². The molecule has 1 aliphatic heterocycles. The summed E-state index contributed by atoms with van der Waals surface area (Å²) >= 11 is 0. The number of ether oxygens (including phenoxy) is 1. The standard InChI is InChI=1S/C16H21N3O2/c1-19(2)6-5-12-9-17-15-4-3-11(8-14(12)15)7-13-10-21-16(20)18-13/h3-4,8-9,13,17H,5-7,10H2,1-2H3,(H,18,20)/t13-/m0/s1/i1D3,2D3,5D2,6D2/hD2. The maximum absolute atomic E-state index is 11.4. The molecule has 0 bridgehead atoms. The molecule has 2 aromatic rings.